The lowest BCUT2D eigenvalue weighted by molar-refractivity contribution is 0.415. The van der Waals surface area contributed by atoms with Crippen LogP contribution in [0.15, 0.2) is 24.3 Å². The van der Waals surface area contributed by atoms with Gasteiger partial charge in [0.1, 0.15) is 5.75 Å². The summed E-state index contributed by atoms with van der Waals surface area (Å²) in [6, 6.07) is 5.72. The van der Waals surface area contributed by atoms with E-state index in [2.05, 4.69) is 9.97 Å². The van der Waals surface area contributed by atoms with Gasteiger partial charge in [-0.1, -0.05) is 6.08 Å². The van der Waals surface area contributed by atoms with Gasteiger partial charge in [-0.25, -0.2) is 9.97 Å². The molecule has 1 heterocycles. The maximum absolute atomic E-state index is 5.17. The van der Waals surface area contributed by atoms with Crippen LogP contribution < -0.4 is 4.74 Å². The van der Waals surface area contributed by atoms with Crippen LogP contribution in [-0.2, 0) is 0 Å². The number of aryl methyl sites for hydroxylation is 1. The van der Waals surface area contributed by atoms with Gasteiger partial charge in [0.25, 0.3) is 0 Å². The number of hydrogen-bond donors (Lipinski definition) is 0. The van der Waals surface area contributed by atoms with Crippen molar-refractivity contribution in [2.75, 3.05) is 7.11 Å². The number of rotatable bonds is 2. The van der Waals surface area contributed by atoms with Gasteiger partial charge in [0.05, 0.1) is 29.5 Å². The van der Waals surface area contributed by atoms with Crippen LogP contribution in [0.25, 0.3) is 17.1 Å². The van der Waals surface area contributed by atoms with Crippen molar-refractivity contribution in [1.29, 1.82) is 0 Å². The van der Waals surface area contributed by atoms with Crippen molar-refractivity contribution < 1.29 is 4.74 Å². The first-order chi connectivity index (χ1) is 7.74. The van der Waals surface area contributed by atoms with Crippen LogP contribution in [-0.4, -0.2) is 17.1 Å². The molecule has 16 heavy (non-hydrogen) atoms. The van der Waals surface area contributed by atoms with E-state index in [0.29, 0.717) is 0 Å². The molecule has 0 saturated carbocycles. The minimum Gasteiger partial charge on any atom is -0.497 e. The molecule has 0 amide bonds. The Labute approximate surface area is 94.8 Å². The van der Waals surface area contributed by atoms with Gasteiger partial charge in [0, 0.05) is 6.07 Å². The zero-order valence-corrected chi connectivity index (χ0v) is 9.69. The molecule has 82 valence electrons. The number of allylic oxidation sites excluding steroid dienone is 1. The van der Waals surface area contributed by atoms with E-state index in [1.54, 1.807) is 7.11 Å². The maximum Gasteiger partial charge on any atom is 0.121 e. The average Bonchev–Trinajstić information content (AvgIpc) is 2.30. The molecule has 0 bridgehead atoms. The smallest absolute Gasteiger partial charge is 0.121 e. The molecule has 3 nitrogen and oxygen atoms in total. The van der Waals surface area contributed by atoms with Crippen molar-refractivity contribution in [1.82, 2.24) is 9.97 Å². The molecule has 3 heteroatoms. The number of nitrogens with zero attached hydrogens (tertiary/aromatic N) is 2. The Bertz CT molecular complexity index is 547. The van der Waals surface area contributed by atoms with Gasteiger partial charge < -0.3 is 4.74 Å². The summed E-state index contributed by atoms with van der Waals surface area (Å²) in [5.74, 6) is 0.803. The Morgan fingerprint density at radius 3 is 2.69 bits per heavy atom. The van der Waals surface area contributed by atoms with Gasteiger partial charge in [-0.2, -0.15) is 0 Å². The first-order valence-corrected chi connectivity index (χ1v) is 5.19. The van der Waals surface area contributed by atoms with Gasteiger partial charge in [0.2, 0.25) is 0 Å². The highest BCUT2D eigenvalue weighted by Gasteiger charge is 2.03. The third-order valence-corrected chi connectivity index (χ3v) is 2.41. The van der Waals surface area contributed by atoms with Crippen molar-refractivity contribution in [3.8, 4) is 5.75 Å². The fourth-order valence-corrected chi connectivity index (χ4v) is 1.58. The first kappa shape index (κ1) is 10.6. The highest BCUT2D eigenvalue weighted by atomic mass is 16.5. The Balaban J connectivity index is 2.65. The molecule has 0 aliphatic carbocycles. The molecule has 0 radical (unpaired) electrons. The molecular formula is C13H14N2O. The predicted molar refractivity (Wildman–Crippen MR) is 65.5 cm³/mol. The zero-order chi connectivity index (χ0) is 11.5. The van der Waals surface area contributed by atoms with Crippen LogP contribution in [0.1, 0.15) is 18.3 Å². The topological polar surface area (TPSA) is 35.0 Å². The summed E-state index contributed by atoms with van der Waals surface area (Å²) in [5.41, 5.74) is 3.60. The highest BCUT2D eigenvalue weighted by Crippen LogP contribution is 2.19. The summed E-state index contributed by atoms with van der Waals surface area (Å²) < 4.78 is 5.17. The fourth-order valence-electron chi connectivity index (χ4n) is 1.58. The molecule has 0 aliphatic heterocycles. The monoisotopic (exact) mass is 214 g/mol. The molecule has 2 rings (SSSR count). The van der Waals surface area contributed by atoms with Gasteiger partial charge >= 0.3 is 0 Å². The van der Waals surface area contributed by atoms with Crippen LogP contribution >= 0.6 is 0 Å². The number of fused-ring (bicyclic) bond motifs is 1. The van der Waals surface area contributed by atoms with Crippen molar-refractivity contribution in [3.05, 3.63) is 35.7 Å². The van der Waals surface area contributed by atoms with Crippen LogP contribution in [0.4, 0.5) is 0 Å². The van der Waals surface area contributed by atoms with Crippen LogP contribution in [0.2, 0.25) is 0 Å². The van der Waals surface area contributed by atoms with E-state index in [-0.39, 0.29) is 0 Å². The first-order valence-electron chi connectivity index (χ1n) is 5.19. The second-order valence-corrected chi connectivity index (χ2v) is 3.55. The third-order valence-electron chi connectivity index (χ3n) is 2.41. The molecule has 1 aromatic heterocycles. The van der Waals surface area contributed by atoms with Crippen molar-refractivity contribution in [2.45, 2.75) is 13.8 Å². The quantitative estimate of drug-likeness (QED) is 0.770. The molecule has 0 unspecified atom stereocenters. The fraction of sp³-hybridized carbons (Fsp3) is 0.231. The summed E-state index contributed by atoms with van der Waals surface area (Å²) in [6.45, 7) is 3.93. The molecule has 0 spiro atoms. The van der Waals surface area contributed by atoms with E-state index >= 15 is 0 Å². The van der Waals surface area contributed by atoms with Crippen LogP contribution in [0.3, 0.4) is 0 Å². The Morgan fingerprint density at radius 1 is 1.19 bits per heavy atom. The van der Waals surface area contributed by atoms with E-state index in [9.17, 15) is 0 Å². The Kier molecular flexibility index (Phi) is 2.86. The van der Waals surface area contributed by atoms with Crippen LogP contribution in [0, 0.1) is 6.92 Å². The molecular weight excluding hydrogens is 200 g/mol. The molecule has 0 N–H and O–H groups in total. The molecule has 1 aromatic carbocycles. The van der Waals surface area contributed by atoms with E-state index < -0.39 is 0 Å². The lowest BCUT2D eigenvalue weighted by Crippen LogP contribution is -1.94. The molecule has 0 fully saturated rings. The Morgan fingerprint density at radius 2 is 2.00 bits per heavy atom. The maximum atomic E-state index is 5.17. The number of aromatic nitrogens is 2. The summed E-state index contributed by atoms with van der Waals surface area (Å²) in [4.78, 5) is 9.04. The summed E-state index contributed by atoms with van der Waals surface area (Å²) in [7, 11) is 1.65. The second kappa shape index (κ2) is 4.31. The summed E-state index contributed by atoms with van der Waals surface area (Å²) in [6.07, 6.45) is 3.92. The van der Waals surface area contributed by atoms with Gasteiger partial charge in [-0.3, -0.25) is 0 Å². The molecule has 0 atom stereocenters. The predicted octanol–water partition coefficient (Wildman–Crippen LogP) is 2.98. The van der Waals surface area contributed by atoms with Gasteiger partial charge in [-0.05, 0) is 32.1 Å². The van der Waals surface area contributed by atoms with Crippen LogP contribution in [0.5, 0.6) is 5.75 Å². The van der Waals surface area contributed by atoms with E-state index in [4.69, 9.17) is 4.74 Å². The lowest BCUT2D eigenvalue weighted by Gasteiger charge is -2.04. The van der Waals surface area contributed by atoms with Crippen molar-refractivity contribution in [3.63, 3.8) is 0 Å². The normalized spacial score (nSPS) is 11.2. The van der Waals surface area contributed by atoms with Crippen molar-refractivity contribution >= 4 is 17.1 Å². The largest absolute Gasteiger partial charge is 0.497 e. The van der Waals surface area contributed by atoms with E-state index in [0.717, 1.165) is 28.2 Å². The second-order valence-electron chi connectivity index (χ2n) is 3.55. The summed E-state index contributed by atoms with van der Waals surface area (Å²) >= 11 is 0. The van der Waals surface area contributed by atoms with Crippen molar-refractivity contribution in [2.24, 2.45) is 0 Å². The molecule has 0 saturated heterocycles. The minimum atomic E-state index is 0.803. The van der Waals surface area contributed by atoms with Gasteiger partial charge in [0.15, 0.2) is 0 Å². The minimum absolute atomic E-state index is 0.803. The highest BCUT2D eigenvalue weighted by molar-refractivity contribution is 5.77. The SMILES string of the molecule is CC=Cc1nc2cc(OC)ccc2nc1C. The average molecular weight is 214 g/mol. The zero-order valence-electron chi connectivity index (χ0n) is 9.69. The summed E-state index contributed by atoms with van der Waals surface area (Å²) in [5, 5.41) is 0. The van der Waals surface area contributed by atoms with E-state index in [1.165, 1.54) is 0 Å². The number of benzene rings is 1. The third kappa shape index (κ3) is 1.89. The molecule has 2 aromatic rings. The molecule has 0 aliphatic rings. The standard InChI is InChI=1S/C13H14N2O/c1-4-5-11-9(2)14-12-7-6-10(16-3)8-13(12)15-11/h4-8H,1-3H3. The lowest BCUT2D eigenvalue weighted by atomic mass is 10.2. The number of methoxy groups -OCH3 is 1. The Hall–Kier alpha value is -1.90. The number of hydrogen-bond acceptors (Lipinski definition) is 3. The van der Waals surface area contributed by atoms with E-state index in [1.807, 2.05) is 44.2 Å². The van der Waals surface area contributed by atoms with Gasteiger partial charge in [-0.15, -0.1) is 0 Å². The number of ether oxygens (including phenoxy) is 1.